The molecule has 0 radical (unpaired) electrons. The minimum atomic E-state index is -0.196. The second-order valence-electron chi connectivity index (χ2n) is 7.16. The molecule has 4 rings (SSSR count). The molecule has 2 aromatic rings. The lowest BCUT2D eigenvalue weighted by Crippen LogP contribution is -2.37. The molecule has 1 aromatic heterocycles. The van der Waals surface area contributed by atoms with Crippen LogP contribution in [0.1, 0.15) is 16.8 Å². The number of rotatable bonds is 5. The van der Waals surface area contributed by atoms with Gasteiger partial charge >= 0.3 is 0 Å². The molecule has 1 atom stereocenters. The molecule has 9 nitrogen and oxygen atoms in total. The smallest absolute Gasteiger partial charge is 0.254 e. The first-order chi connectivity index (χ1) is 15.0. The van der Waals surface area contributed by atoms with Crippen molar-refractivity contribution in [1.29, 1.82) is 0 Å². The van der Waals surface area contributed by atoms with Crippen LogP contribution in [-0.4, -0.2) is 66.1 Å². The van der Waals surface area contributed by atoms with Crippen LogP contribution in [0.5, 0.6) is 11.6 Å². The highest BCUT2D eigenvalue weighted by atomic mass is 35.5. The molecular weight excluding hydrogens is 422 g/mol. The SMILES string of the molecule is C=CC(=O)N1CCOc2cc(C(=O)N3CC[C@@H](Nc4ncc(Cl)c(OC)n4)C3)ccc21. The highest BCUT2D eigenvalue weighted by Gasteiger charge is 2.29. The molecule has 1 N–H and O–H groups in total. The van der Waals surface area contributed by atoms with E-state index in [4.69, 9.17) is 21.1 Å². The maximum Gasteiger partial charge on any atom is 0.254 e. The van der Waals surface area contributed by atoms with Gasteiger partial charge in [0.1, 0.15) is 17.4 Å². The summed E-state index contributed by atoms with van der Waals surface area (Å²) in [5.41, 5.74) is 1.15. The van der Waals surface area contributed by atoms with E-state index in [9.17, 15) is 9.59 Å². The van der Waals surface area contributed by atoms with Gasteiger partial charge in [0.2, 0.25) is 11.8 Å². The second-order valence-corrected chi connectivity index (χ2v) is 7.56. The van der Waals surface area contributed by atoms with Crippen molar-refractivity contribution < 1.29 is 19.1 Å². The van der Waals surface area contributed by atoms with Crippen molar-refractivity contribution in [2.75, 3.05) is 43.6 Å². The number of fused-ring (bicyclic) bond motifs is 1. The largest absolute Gasteiger partial charge is 0.490 e. The van der Waals surface area contributed by atoms with Crippen molar-refractivity contribution >= 4 is 35.1 Å². The van der Waals surface area contributed by atoms with Gasteiger partial charge in [0, 0.05) is 24.7 Å². The summed E-state index contributed by atoms with van der Waals surface area (Å²) in [5, 5.41) is 3.55. The van der Waals surface area contributed by atoms with Crippen molar-refractivity contribution in [3.05, 3.63) is 47.6 Å². The van der Waals surface area contributed by atoms with Crippen LogP contribution in [0.25, 0.3) is 0 Å². The van der Waals surface area contributed by atoms with E-state index in [1.807, 2.05) is 0 Å². The molecule has 10 heteroatoms. The number of anilines is 2. The molecule has 0 spiro atoms. The molecule has 162 valence electrons. The summed E-state index contributed by atoms with van der Waals surface area (Å²) in [5.74, 6) is 0.913. The van der Waals surface area contributed by atoms with Crippen LogP contribution in [0.2, 0.25) is 5.02 Å². The third-order valence-corrected chi connectivity index (χ3v) is 5.48. The number of hydrogen-bond acceptors (Lipinski definition) is 7. The molecule has 0 aliphatic carbocycles. The number of nitrogens with one attached hydrogen (secondary N) is 1. The normalized spacial score (nSPS) is 17.5. The minimum Gasteiger partial charge on any atom is -0.490 e. The van der Waals surface area contributed by atoms with Gasteiger partial charge in [0.05, 0.1) is 25.5 Å². The predicted octanol–water partition coefficient (Wildman–Crippen LogP) is 2.38. The summed E-state index contributed by atoms with van der Waals surface area (Å²) >= 11 is 5.96. The lowest BCUT2D eigenvalue weighted by Gasteiger charge is -2.29. The zero-order chi connectivity index (χ0) is 22.0. The summed E-state index contributed by atoms with van der Waals surface area (Å²) < 4.78 is 10.8. The topological polar surface area (TPSA) is 96.9 Å². The Morgan fingerprint density at radius 2 is 2.23 bits per heavy atom. The number of hydrogen-bond donors (Lipinski definition) is 1. The zero-order valence-electron chi connectivity index (χ0n) is 17.0. The third-order valence-electron chi connectivity index (χ3n) is 5.22. The Balaban J connectivity index is 1.44. The van der Waals surface area contributed by atoms with E-state index in [0.717, 1.165) is 6.42 Å². The Morgan fingerprint density at radius 1 is 1.39 bits per heavy atom. The summed E-state index contributed by atoms with van der Waals surface area (Å²) in [7, 11) is 1.49. The van der Waals surface area contributed by atoms with E-state index < -0.39 is 0 Å². The molecule has 1 saturated heterocycles. The van der Waals surface area contributed by atoms with Gasteiger partial charge in [-0.05, 0) is 30.7 Å². The van der Waals surface area contributed by atoms with Crippen LogP contribution < -0.4 is 19.7 Å². The molecular formula is C21H22ClN5O4. The quantitative estimate of drug-likeness (QED) is 0.708. The first-order valence-electron chi connectivity index (χ1n) is 9.83. The average molecular weight is 444 g/mol. The average Bonchev–Trinajstić information content (AvgIpc) is 3.26. The fraction of sp³-hybridized carbons (Fsp3) is 0.333. The van der Waals surface area contributed by atoms with E-state index in [2.05, 4.69) is 21.9 Å². The van der Waals surface area contributed by atoms with Gasteiger partial charge in [-0.15, -0.1) is 0 Å². The molecule has 0 saturated carbocycles. The van der Waals surface area contributed by atoms with Crippen LogP contribution in [0.4, 0.5) is 11.6 Å². The zero-order valence-corrected chi connectivity index (χ0v) is 17.8. The fourth-order valence-electron chi connectivity index (χ4n) is 3.68. The number of aromatic nitrogens is 2. The first-order valence-corrected chi connectivity index (χ1v) is 10.2. The number of benzene rings is 1. The Bertz CT molecular complexity index is 1030. The number of ether oxygens (including phenoxy) is 2. The van der Waals surface area contributed by atoms with Crippen LogP contribution in [0, 0.1) is 0 Å². The predicted molar refractivity (Wildman–Crippen MR) is 116 cm³/mol. The van der Waals surface area contributed by atoms with Gasteiger partial charge in [-0.3, -0.25) is 9.59 Å². The van der Waals surface area contributed by atoms with Crippen molar-refractivity contribution in [1.82, 2.24) is 14.9 Å². The van der Waals surface area contributed by atoms with Crippen molar-refractivity contribution in [3.8, 4) is 11.6 Å². The summed E-state index contributed by atoms with van der Waals surface area (Å²) in [6.45, 7) is 5.45. The van der Waals surface area contributed by atoms with Gasteiger partial charge in [0.15, 0.2) is 0 Å². The summed E-state index contributed by atoms with van der Waals surface area (Å²) in [6, 6.07) is 5.15. The maximum atomic E-state index is 13.0. The molecule has 2 aliphatic heterocycles. The highest BCUT2D eigenvalue weighted by Crippen LogP contribution is 2.33. The number of carbonyl (C=O) groups excluding carboxylic acids is 2. The fourth-order valence-corrected chi connectivity index (χ4v) is 3.85. The van der Waals surface area contributed by atoms with E-state index >= 15 is 0 Å². The number of halogens is 1. The summed E-state index contributed by atoms with van der Waals surface area (Å²) in [4.78, 5) is 36.8. The lowest BCUT2D eigenvalue weighted by molar-refractivity contribution is -0.114. The van der Waals surface area contributed by atoms with Crippen molar-refractivity contribution in [2.24, 2.45) is 0 Å². The van der Waals surface area contributed by atoms with Gasteiger partial charge in [0.25, 0.3) is 11.8 Å². The van der Waals surface area contributed by atoms with Crippen molar-refractivity contribution in [2.45, 2.75) is 12.5 Å². The Kier molecular flexibility index (Phi) is 5.94. The van der Waals surface area contributed by atoms with Gasteiger partial charge in [-0.2, -0.15) is 4.98 Å². The molecule has 2 amide bonds. The number of amides is 2. The minimum absolute atomic E-state index is 0.00409. The molecule has 1 aromatic carbocycles. The van der Waals surface area contributed by atoms with Crippen LogP contribution in [0.3, 0.4) is 0 Å². The van der Waals surface area contributed by atoms with E-state index in [1.54, 1.807) is 28.0 Å². The number of likely N-dealkylation sites (tertiary alicyclic amines) is 1. The second kappa shape index (κ2) is 8.81. The van der Waals surface area contributed by atoms with Gasteiger partial charge in [-0.1, -0.05) is 18.2 Å². The van der Waals surface area contributed by atoms with Crippen LogP contribution in [0.15, 0.2) is 37.1 Å². The molecule has 0 bridgehead atoms. The van der Waals surface area contributed by atoms with Crippen LogP contribution in [-0.2, 0) is 4.79 Å². The highest BCUT2D eigenvalue weighted by molar-refractivity contribution is 6.31. The molecule has 31 heavy (non-hydrogen) atoms. The standard InChI is InChI=1S/C21H22ClN5O4/c1-3-18(28)27-8-9-31-17-10-13(4-5-16(17)27)20(29)26-7-6-14(12-26)24-21-23-11-15(22)19(25-21)30-2/h3-5,10-11,14H,1,6-9,12H2,2H3,(H,23,24,25)/t14-/m1/s1. The summed E-state index contributed by atoms with van der Waals surface area (Å²) in [6.07, 6.45) is 3.50. The lowest BCUT2D eigenvalue weighted by atomic mass is 10.1. The van der Waals surface area contributed by atoms with E-state index in [-0.39, 0.29) is 17.9 Å². The van der Waals surface area contributed by atoms with Gasteiger partial charge < -0.3 is 24.6 Å². The molecule has 0 unspecified atom stereocenters. The number of carbonyl (C=O) groups is 2. The third kappa shape index (κ3) is 4.27. The molecule has 3 heterocycles. The Labute approximate surface area is 184 Å². The van der Waals surface area contributed by atoms with Gasteiger partial charge in [-0.25, -0.2) is 4.98 Å². The molecule has 1 fully saturated rings. The van der Waals surface area contributed by atoms with E-state index in [1.165, 1.54) is 19.4 Å². The van der Waals surface area contributed by atoms with E-state index in [0.29, 0.717) is 60.1 Å². The molecule has 2 aliphatic rings. The maximum absolute atomic E-state index is 13.0. The Morgan fingerprint density at radius 3 is 3.00 bits per heavy atom. The number of methoxy groups -OCH3 is 1. The van der Waals surface area contributed by atoms with Crippen molar-refractivity contribution in [3.63, 3.8) is 0 Å². The van der Waals surface area contributed by atoms with Crippen LogP contribution >= 0.6 is 11.6 Å². The number of nitrogens with zero attached hydrogens (tertiary/aromatic N) is 4. The monoisotopic (exact) mass is 443 g/mol. The first kappa shape index (κ1) is 20.9. The Hall–Kier alpha value is -3.33.